The van der Waals surface area contributed by atoms with Crippen LogP contribution in [0.3, 0.4) is 0 Å². The zero-order chi connectivity index (χ0) is 9.42. The third-order valence-corrected chi connectivity index (χ3v) is 2.56. The average molecular weight is 192 g/mol. The summed E-state index contributed by atoms with van der Waals surface area (Å²) in [6.45, 7) is 3.91. The summed E-state index contributed by atoms with van der Waals surface area (Å²) in [5, 5.41) is 0.763. The van der Waals surface area contributed by atoms with Gasteiger partial charge in [0, 0.05) is 24.0 Å². The van der Waals surface area contributed by atoms with Crippen molar-refractivity contribution in [2.24, 2.45) is 0 Å². The molecule has 2 rings (SSSR count). The molecule has 0 bridgehead atoms. The maximum atomic E-state index is 6.08. The number of hydrogen-bond donors (Lipinski definition) is 0. The number of fused-ring (bicyclic) bond motifs is 1. The van der Waals surface area contributed by atoms with Crippen molar-refractivity contribution in [3.63, 3.8) is 0 Å². The van der Waals surface area contributed by atoms with Crippen LogP contribution in [-0.4, -0.2) is 7.05 Å². The minimum Gasteiger partial charge on any atom is -0.345 e. The van der Waals surface area contributed by atoms with Crippen molar-refractivity contribution in [1.82, 2.24) is 0 Å². The third kappa shape index (κ3) is 1.25. The lowest BCUT2D eigenvalue weighted by atomic mass is 10.1. The van der Waals surface area contributed by atoms with Gasteiger partial charge in [0.15, 0.2) is 0 Å². The van der Waals surface area contributed by atoms with Gasteiger partial charge >= 0.3 is 0 Å². The summed E-state index contributed by atoms with van der Waals surface area (Å²) in [5.41, 5.74) is 3.10. The van der Waals surface area contributed by atoms with Gasteiger partial charge in [0.2, 0.25) is 0 Å². The smallest absolute Gasteiger partial charge is 0.0519 e. The van der Waals surface area contributed by atoms with E-state index >= 15 is 0 Å². The van der Waals surface area contributed by atoms with E-state index in [0.29, 0.717) is 0 Å². The molecule has 1 aliphatic rings. The molecule has 0 radical (unpaired) electrons. The molecule has 0 spiro atoms. The predicted octanol–water partition coefficient (Wildman–Crippen LogP) is 3.23. The van der Waals surface area contributed by atoms with E-state index in [1.54, 1.807) is 0 Å². The largest absolute Gasteiger partial charge is 0.345 e. The van der Waals surface area contributed by atoms with Gasteiger partial charge in [-0.05, 0) is 12.1 Å². The first-order chi connectivity index (χ1) is 6.20. The number of allylic oxidation sites excluding steroid dienone is 1. The Morgan fingerprint density at radius 1 is 1.31 bits per heavy atom. The molecular formula is C11H10ClN. The van der Waals surface area contributed by atoms with Crippen LogP contribution in [0.15, 0.2) is 42.6 Å². The highest BCUT2D eigenvalue weighted by Gasteiger charge is 2.15. The molecule has 1 aromatic rings. The van der Waals surface area contributed by atoms with E-state index in [1.165, 1.54) is 0 Å². The molecule has 1 aliphatic heterocycles. The number of nitrogens with zero attached hydrogens (tertiary/aromatic N) is 1. The lowest BCUT2D eigenvalue weighted by Gasteiger charge is -2.26. The molecule has 13 heavy (non-hydrogen) atoms. The summed E-state index contributed by atoms with van der Waals surface area (Å²) in [6.07, 6.45) is 1.88. The van der Waals surface area contributed by atoms with Gasteiger partial charge in [-0.2, -0.15) is 0 Å². The Labute approximate surface area is 82.9 Å². The highest BCUT2D eigenvalue weighted by Crippen LogP contribution is 2.35. The van der Waals surface area contributed by atoms with Crippen LogP contribution >= 0.6 is 11.6 Å². The number of rotatable bonds is 0. The van der Waals surface area contributed by atoms with Gasteiger partial charge in [-0.25, -0.2) is 0 Å². The van der Waals surface area contributed by atoms with Crippen LogP contribution in [0.4, 0.5) is 5.69 Å². The molecule has 1 nitrogen and oxygen atoms in total. The number of halogens is 1. The third-order valence-electron chi connectivity index (χ3n) is 2.25. The van der Waals surface area contributed by atoms with Crippen LogP contribution in [0, 0.1) is 0 Å². The van der Waals surface area contributed by atoms with E-state index in [0.717, 1.165) is 22.0 Å². The van der Waals surface area contributed by atoms with Crippen molar-refractivity contribution in [1.29, 1.82) is 0 Å². The maximum absolute atomic E-state index is 6.08. The van der Waals surface area contributed by atoms with Crippen molar-refractivity contribution >= 4 is 22.3 Å². The average Bonchev–Trinajstić information content (AvgIpc) is 2.15. The molecule has 0 aliphatic carbocycles. The molecule has 2 heteroatoms. The molecule has 0 N–H and O–H groups in total. The Bertz CT molecular complexity index is 393. The molecule has 1 aromatic carbocycles. The highest BCUT2D eigenvalue weighted by atomic mass is 35.5. The van der Waals surface area contributed by atoms with E-state index < -0.39 is 0 Å². The Morgan fingerprint density at radius 2 is 2.00 bits per heavy atom. The van der Waals surface area contributed by atoms with Gasteiger partial charge in [-0.15, -0.1) is 0 Å². The van der Waals surface area contributed by atoms with Gasteiger partial charge < -0.3 is 4.90 Å². The molecule has 0 saturated carbocycles. The quantitative estimate of drug-likeness (QED) is 0.609. The highest BCUT2D eigenvalue weighted by molar-refractivity contribution is 6.49. The minimum absolute atomic E-state index is 0.763. The van der Waals surface area contributed by atoms with Crippen LogP contribution in [0.5, 0.6) is 0 Å². The van der Waals surface area contributed by atoms with Gasteiger partial charge in [-0.1, -0.05) is 36.4 Å². The van der Waals surface area contributed by atoms with Crippen LogP contribution in [0.1, 0.15) is 5.56 Å². The first-order valence-corrected chi connectivity index (χ1v) is 4.47. The number of anilines is 1. The normalized spacial score (nSPS) is 15.4. The summed E-state index contributed by atoms with van der Waals surface area (Å²) >= 11 is 6.08. The van der Waals surface area contributed by atoms with Crippen LogP contribution < -0.4 is 4.90 Å². The molecule has 0 amide bonds. The fraction of sp³-hybridized carbons (Fsp3) is 0.0909. The molecule has 1 heterocycles. The van der Waals surface area contributed by atoms with Crippen LogP contribution in [0.2, 0.25) is 0 Å². The number of benzene rings is 1. The lowest BCUT2D eigenvalue weighted by molar-refractivity contribution is 1.13. The topological polar surface area (TPSA) is 3.24 Å². The Balaban J connectivity index is 2.65. The summed E-state index contributed by atoms with van der Waals surface area (Å²) in [6, 6.07) is 8.03. The van der Waals surface area contributed by atoms with Gasteiger partial charge in [0.1, 0.15) is 0 Å². The SMILES string of the molecule is C=C1C=C(Cl)c2ccccc2N1C. The fourth-order valence-corrected chi connectivity index (χ4v) is 1.73. The number of para-hydroxylation sites is 1. The monoisotopic (exact) mass is 191 g/mol. The minimum atomic E-state index is 0.763. The van der Waals surface area contributed by atoms with Crippen LogP contribution in [-0.2, 0) is 0 Å². The molecule has 0 fully saturated rings. The molecular weight excluding hydrogens is 182 g/mol. The van der Waals surface area contributed by atoms with Crippen molar-refractivity contribution in [3.8, 4) is 0 Å². The molecule has 0 aromatic heterocycles. The van der Waals surface area contributed by atoms with Crippen molar-refractivity contribution in [2.75, 3.05) is 11.9 Å². The molecule has 66 valence electrons. The fourth-order valence-electron chi connectivity index (χ4n) is 1.44. The summed E-state index contributed by atoms with van der Waals surface area (Å²) in [5.74, 6) is 0. The summed E-state index contributed by atoms with van der Waals surface area (Å²) in [7, 11) is 1.99. The van der Waals surface area contributed by atoms with E-state index in [1.807, 2.05) is 42.3 Å². The Kier molecular flexibility index (Phi) is 1.89. The Hall–Kier alpha value is -1.21. The van der Waals surface area contributed by atoms with Gasteiger partial charge in [0.25, 0.3) is 0 Å². The van der Waals surface area contributed by atoms with Gasteiger partial charge in [-0.3, -0.25) is 0 Å². The zero-order valence-electron chi connectivity index (χ0n) is 7.42. The van der Waals surface area contributed by atoms with Crippen molar-refractivity contribution < 1.29 is 0 Å². The number of hydrogen-bond acceptors (Lipinski definition) is 1. The van der Waals surface area contributed by atoms with E-state index in [4.69, 9.17) is 11.6 Å². The second-order valence-corrected chi connectivity index (χ2v) is 3.47. The maximum Gasteiger partial charge on any atom is 0.0519 e. The van der Waals surface area contributed by atoms with Gasteiger partial charge in [0.05, 0.1) is 5.03 Å². The van der Waals surface area contributed by atoms with Crippen LogP contribution in [0.25, 0.3) is 5.03 Å². The number of likely N-dealkylation sites (N-methyl/N-ethyl adjacent to an activating group) is 1. The van der Waals surface area contributed by atoms with E-state index in [-0.39, 0.29) is 0 Å². The first kappa shape index (κ1) is 8.39. The standard InChI is InChI=1S/C11H10ClN/c1-8-7-10(12)9-5-3-4-6-11(9)13(8)2/h3-7H,1H2,2H3. The second kappa shape index (κ2) is 2.93. The summed E-state index contributed by atoms with van der Waals surface area (Å²) < 4.78 is 0. The summed E-state index contributed by atoms with van der Waals surface area (Å²) in [4.78, 5) is 2.03. The molecule has 0 atom stereocenters. The Morgan fingerprint density at radius 3 is 2.77 bits per heavy atom. The first-order valence-electron chi connectivity index (χ1n) is 4.09. The van der Waals surface area contributed by atoms with E-state index in [2.05, 4.69) is 6.58 Å². The lowest BCUT2D eigenvalue weighted by Crippen LogP contribution is -2.18. The molecule has 0 unspecified atom stereocenters. The zero-order valence-corrected chi connectivity index (χ0v) is 8.17. The molecule has 0 saturated heterocycles. The van der Waals surface area contributed by atoms with Crippen molar-refractivity contribution in [2.45, 2.75) is 0 Å². The van der Waals surface area contributed by atoms with E-state index in [9.17, 15) is 0 Å². The predicted molar refractivity (Wildman–Crippen MR) is 57.8 cm³/mol. The second-order valence-electron chi connectivity index (χ2n) is 3.06. The van der Waals surface area contributed by atoms with Crippen molar-refractivity contribution in [3.05, 3.63) is 48.2 Å².